The van der Waals surface area contributed by atoms with Gasteiger partial charge in [-0.05, 0) is 43.5 Å². The van der Waals surface area contributed by atoms with Crippen LogP contribution in [0.5, 0.6) is 0 Å². The predicted molar refractivity (Wildman–Crippen MR) is 102 cm³/mol. The number of oxazole rings is 1. The zero-order valence-electron chi connectivity index (χ0n) is 15.0. The molecule has 2 aromatic heterocycles. The second-order valence-electron chi connectivity index (χ2n) is 6.15. The number of nitrogens with zero attached hydrogens (tertiary/aromatic N) is 2. The molecule has 8 heteroatoms. The van der Waals surface area contributed by atoms with E-state index in [0.717, 1.165) is 11.8 Å². The quantitative estimate of drug-likeness (QED) is 0.476. The molecule has 1 N–H and O–H groups in total. The summed E-state index contributed by atoms with van der Waals surface area (Å²) in [5.74, 6) is -0.666. The summed E-state index contributed by atoms with van der Waals surface area (Å²) < 4.78 is 18.5. The van der Waals surface area contributed by atoms with Crippen LogP contribution in [0.15, 0.2) is 47.5 Å². The highest BCUT2D eigenvalue weighted by Gasteiger charge is 2.19. The zero-order chi connectivity index (χ0) is 20.1. The Morgan fingerprint density at radius 2 is 2.07 bits per heavy atom. The van der Waals surface area contributed by atoms with E-state index in [2.05, 4.69) is 15.3 Å². The fraction of sp³-hybridized carbons (Fsp3) is 0.200. The third kappa shape index (κ3) is 4.61. The third-order valence-electron chi connectivity index (χ3n) is 4.08. The molecule has 3 rings (SSSR count). The number of hydrogen-bond acceptors (Lipinski definition) is 5. The summed E-state index contributed by atoms with van der Waals surface area (Å²) in [6.07, 6.45) is 5.11. The molecule has 1 aromatic carbocycles. The molecule has 0 bridgehead atoms. The van der Waals surface area contributed by atoms with E-state index in [1.807, 2.05) is 0 Å². The molecule has 0 atom stereocenters. The van der Waals surface area contributed by atoms with Crippen LogP contribution in [0, 0.1) is 5.82 Å². The van der Waals surface area contributed by atoms with Gasteiger partial charge in [0.15, 0.2) is 23.6 Å². The summed E-state index contributed by atoms with van der Waals surface area (Å²) in [6, 6.07) is 6.21. The van der Waals surface area contributed by atoms with Gasteiger partial charge in [-0.25, -0.2) is 9.37 Å². The number of nitrogens with one attached hydrogen (secondary N) is 1. The maximum Gasteiger partial charge on any atom is 0.273 e. The number of aromatic nitrogens is 2. The summed E-state index contributed by atoms with van der Waals surface area (Å²) >= 11 is 6.13. The standard InChI is InChI=1S/C20H17ClFN3O3/c1-12(26)16-5-4-14(8-17(16)21)19-18(25-11-28-19)20(27)24-6-2-3-13-7-15(22)10-23-9-13/h4-5,7-11H,2-3,6H2,1H3,(H,24,27). The first-order chi connectivity index (χ1) is 13.5. The minimum Gasteiger partial charge on any atom is -0.443 e. The lowest BCUT2D eigenvalue weighted by Gasteiger charge is -2.06. The van der Waals surface area contributed by atoms with Crippen LogP contribution >= 0.6 is 11.6 Å². The molecule has 0 aliphatic carbocycles. The van der Waals surface area contributed by atoms with Gasteiger partial charge in [0, 0.05) is 23.9 Å². The van der Waals surface area contributed by atoms with Crippen LogP contribution in [0.1, 0.15) is 39.8 Å². The molecule has 144 valence electrons. The van der Waals surface area contributed by atoms with Crippen molar-refractivity contribution in [1.82, 2.24) is 15.3 Å². The van der Waals surface area contributed by atoms with Crippen molar-refractivity contribution in [2.75, 3.05) is 6.54 Å². The number of Topliss-reactive ketones (excluding diaryl/α,β-unsaturated/α-hetero) is 1. The van der Waals surface area contributed by atoms with Gasteiger partial charge in [0.25, 0.3) is 5.91 Å². The number of pyridine rings is 1. The largest absolute Gasteiger partial charge is 0.443 e. The van der Waals surface area contributed by atoms with Gasteiger partial charge in [-0.2, -0.15) is 0 Å². The maximum atomic E-state index is 13.1. The predicted octanol–water partition coefficient (Wildman–Crippen LogP) is 4.09. The van der Waals surface area contributed by atoms with Crippen LogP contribution in [0.2, 0.25) is 5.02 Å². The molecule has 6 nitrogen and oxygen atoms in total. The number of benzene rings is 1. The highest BCUT2D eigenvalue weighted by molar-refractivity contribution is 6.34. The molecule has 0 spiro atoms. The number of rotatable bonds is 7. The average molecular weight is 402 g/mol. The Bertz CT molecular complexity index is 1020. The van der Waals surface area contributed by atoms with Crippen LogP contribution in [-0.4, -0.2) is 28.2 Å². The lowest BCUT2D eigenvalue weighted by molar-refractivity contribution is 0.0948. The van der Waals surface area contributed by atoms with Gasteiger partial charge in [0.05, 0.1) is 11.2 Å². The summed E-state index contributed by atoms with van der Waals surface area (Å²) in [4.78, 5) is 31.7. The van der Waals surface area contributed by atoms with Gasteiger partial charge in [-0.15, -0.1) is 0 Å². The molecule has 0 unspecified atom stereocenters. The first-order valence-corrected chi connectivity index (χ1v) is 8.95. The second kappa shape index (κ2) is 8.75. The number of carbonyl (C=O) groups excluding carboxylic acids is 2. The Kier molecular flexibility index (Phi) is 6.16. The van der Waals surface area contributed by atoms with Crippen molar-refractivity contribution in [1.29, 1.82) is 0 Å². The van der Waals surface area contributed by atoms with Crippen LogP contribution in [0.4, 0.5) is 4.39 Å². The van der Waals surface area contributed by atoms with E-state index in [9.17, 15) is 14.0 Å². The summed E-state index contributed by atoms with van der Waals surface area (Å²) in [7, 11) is 0. The highest BCUT2D eigenvalue weighted by Crippen LogP contribution is 2.28. The maximum absolute atomic E-state index is 13.1. The van der Waals surface area contributed by atoms with E-state index in [1.54, 1.807) is 24.4 Å². The van der Waals surface area contributed by atoms with Crippen molar-refractivity contribution in [2.24, 2.45) is 0 Å². The zero-order valence-corrected chi connectivity index (χ0v) is 15.8. The minimum atomic E-state index is -0.395. The van der Waals surface area contributed by atoms with Crippen molar-refractivity contribution >= 4 is 23.3 Å². The summed E-state index contributed by atoms with van der Waals surface area (Å²) in [6.45, 7) is 1.81. The smallest absolute Gasteiger partial charge is 0.273 e. The van der Waals surface area contributed by atoms with Crippen molar-refractivity contribution in [3.05, 3.63) is 70.7 Å². The number of amides is 1. The first-order valence-electron chi connectivity index (χ1n) is 8.57. The van der Waals surface area contributed by atoms with Crippen LogP contribution in [-0.2, 0) is 6.42 Å². The number of hydrogen-bond donors (Lipinski definition) is 1. The molecule has 1 amide bonds. The molecule has 3 aromatic rings. The number of ketones is 1. The molecule has 0 fully saturated rings. The molecule has 0 saturated carbocycles. The fourth-order valence-corrected chi connectivity index (χ4v) is 3.04. The fourth-order valence-electron chi connectivity index (χ4n) is 2.73. The monoisotopic (exact) mass is 401 g/mol. The van der Waals surface area contributed by atoms with Crippen LogP contribution in [0.25, 0.3) is 11.3 Å². The SMILES string of the molecule is CC(=O)c1ccc(-c2ocnc2C(=O)NCCCc2cncc(F)c2)cc1Cl. The molecular weight excluding hydrogens is 385 g/mol. The number of aryl methyl sites for hydroxylation is 1. The molecule has 0 aliphatic rings. The topological polar surface area (TPSA) is 85.1 Å². The van der Waals surface area contributed by atoms with E-state index in [1.165, 1.54) is 19.4 Å². The molecule has 0 aliphatic heterocycles. The van der Waals surface area contributed by atoms with E-state index in [0.29, 0.717) is 30.5 Å². The lowest BCUT2D eigenvalue weighted by Crippen LogP contribution is -2.25. The molecule has 2 heterocycles. The molecule has 0 saturated heterocycles. The summed E-state index contributed by atoms with van der Waals surface area (Å²) in [5, 5.41) is 3.04. The van der Waals surface area contributed by atoms with E-state index in [4.69, 9.17) is 16.0 Å². The van der Waals surface area contributed by atoms with Crippen LogP contribution < -0.4 is 5.32 Å². The Labute approximate surface area is 165 Å². The Morgan fingerprint density at radius 1 is 1.25 bits per heavy atom. The van der Waals surface area contributed by atoms with Gasteiger partial charge in [-0.1, -0.05) is 17.7 Å². The van der Waals surface area contributed by atoms with Crippen molar-refractivity contribution in [2.45, 2.75) is 19.8 Å². The Balaban J connectivity index is 1.63. The lowest BCUT2D eigenvalue weighted by atomic mass is 10.1. The van der Waals surface area contributed by atoms with E-state index >= 15 is 0 Å². The second-order valence-corrected chi connectivity index (χ2v) is 6.56. The number of halogens is 2. The van der Waals surface area contributed by atoms with E-state index in [-0.39, 0.29) is 28.1 Å². The van der Waals surface area contributed by atoms with Crippen molar-refractivity contribution in [3.63, 3.8) is 0 Å². The normalized spacial score (nSPS) is 10.7. The average Bonchev–Trinajstić information content (AvgIpc) is 3.14. The third-order valence-corrected chi connectivity index (χ3v) is 4.40. The van der Waals surface area contributed by atoms with Gasteiger partial charge in [0.1, 0.15) is 5.82 Å². The van der Waals surface area contributed by atoms with Crippen molar-refractivity contribution in [3.8, 4) is 11.3 Å². The molecule has 0 radical (unpaired) electrons. The minimum absolute atomic E-state index is 0.124. The Morgan fingerprint density at radius 3 is 2.79 bits per heavy atom. The van der Waals surface area contributed by atoms with Gasteiger partial charge >= 0.3 is 0 Å². The highest BCUT2D eigenvalue weighted by atomic mass is 35.5. The van der Waals surface area contributed by atoms with E-state index < -0.39 is 5.91 Å². The van der Waals surface area contributed by atoms with Crippen molar-refractivity contribution < 1.29 is 18.4 Å². The number of carbonyl (C=O) groups is 2. The first kappa shape index (κ1) is 19.7. The summed E-state index contributed by atoms with van der Waals surface area (Å²) in [5.41, 5.74) is 1.82. The van der Waals surface area contributed by atoms with Gasteiger partial charge in [0.2, 0.25) is 0 Å². The van der Waals surface area contributed by atoms with Gasteiger partial charge < -0.3 is 9.73 Å². The Hall–Kier alpha value is -3.06. The van der Waals surface area contributed by atoms with Crippen LogP contribution in [0.3, 0.4) is 0 Å². The molecule has 28 heavy (non-hydrogen) atoms. The molecular formula is C20H17ClFN3O3. The van der Waals surface area contributed by atoms with Gasteiger partial charge in [-0.3, -0.25) is 14.6 Å².